The molecule has 0 aliphatic carbocycles. The fourth-order valence-electron chi connectivity index (χ4n) is 2.80. The van der Waals surface area contributed by atoms with E-state index in [1.807, 2.05) is 6.20 Å². The van der Waals surface area contributed by atoms with Crippen molar-refractivity contribution in [1.82, 2.24) is 15.2 Å². The lowest BCUT2D eigenvalue weighted by molar-refractivity contribution is 0.0730. The maximum Gasteiger partial charge on any atom is 0.0941 e. The zero-order valence-electron chi connectivity index (χ0n) is 12.4. The van der Waals surface area contributed by atoms with E-state index >= 15 is 0 Å². The number of aromatic nitrogens is 1. The van der Waals surface area contributed by atoms with Crippen LogP contribution >= 0.6 is 11.3 Å². The smallest absolute Gasteiger partial charge is 0.0941 e. The van der Waals surface area contributed by atoms with Crippen molar-refractivity contribution in [3.8, 4) is 0 Å². The van der Waals surface area contributed by atoms with E-state index in [0.29, 0.717) is 6.04 Å². The molecule has 0 saturated carbocycles. The number of thiazole rings is 1. The quantitative estimate of drug-likeness (QED) is 0.786. The van der Waals surface area contributed by atoms with Gasteiger partial charge in [-0.1, -0.05) is 20.8 Å². The summed E-state index contributed by atoms with van der Waals surface area (Å²) in [5.41, 5.74) is 0.184. The van der Waals surface area contributed by atoms with Gasteiger partial charge in [-0.05, 0) is 33.5 Å². The number of nitrogens with zero attached hydrogens (tertiary/aromatic N) is 2. The van der Waals surface area contributed by atoms with E-state index in [4.69, 9.17) is 0 Å². The number of hydrogen-bond donors (Lipinski definition) is 1. The van der Waals surface area contributed by atoms with Crippen LogP contribution in [0.1, 0.15) is 39.1 Å². The summed E-state index contributed by atoms with van der Waals surface area (Å²) >= 11 is 1.75. The van der Waals surface area contributed by atoms with Crippen LogP contribution in [0.5, 0.6) is 0 Å². The Morgan fingerprint density at radius 2 is 2.06 bits per heavy atom. The molecule has 0 radical (unpaired) electrons. The summed E-state index contributed by atoms with van der Waals surface area (Å²) in [6, 6.07) is 0.438. The largest absolute Gasteiger partial charge is 0.315 e. The van der Waals surface area contributed by atoms with E-state index in [-0.39, 0.29) is 5.54 Å². The van der Waals surface area contributed by atoms with Crippen molar-refractivity contribution in [1.29, 1.82) is 0 Å². The van der Waals surface area contributed by atoms with Crippen molar-refractivity contribution >= 4 is 11.3 Å². The first-order chi connectivity index (χ1) is 8.62. The molecule has 1 rings (SSSR count). The Kier molecular flexibility index (Phi) is 6.26. The molecule has 0 aromatic carbocycles. The third-order valence-corrected chi connectivity index (χ3v) is 4.96. The molecule has 0 amide bonds. The molecule has 104 valence electrons. The molecule has 0 aliphatic rings. The summed E-state index contributed by atoms with van der Waals surface area (Å²) < 4.78 is 0. The van der Waals surface area contributed by atoms with Crippen molar-refractivity contribution in [3.63, 3.8) is 0 Å². The molecule has 1 heterocycles. The second kappa shape index (κ2) is 7.22. The SMILES string of the molecule is CCN(CC)C(C)(CC)C(Cc1nccs1)NC. The molecule has 0 spiro atoms. The van der Waals surface area contributed by atoms with Crippen LogP contribution in [0.3, 0.4) is 0 Å². The normalized spacial score (nSPS) is 16.8. The molecule has 1 N–H and O–H groups in total. The van der Waals surface area contributed by atoms with E-state index in [9.17, 15) is 0 Å². The highest BCUT2D eigenvalue weighted by Crippen LogP contribution is 2.26. The average molecular weight is 269 g/mol. The summed E-state index contributed by atoms with van der Waals surface area (Å²) in [4.78, 5) is 6.98. The van der Waals surface area contributed by atoms with Gasteiger partial charge in [0.2, 0.25) is 0 Å². The van der Waals surface area contributed by atoms with Crippen molar-refractivity contribution < 1.29 is 0 Å². The molecule has 3 nitrogen and oxygen atoms in total. The van der Waals surface area contributed by atoms with Crippen LogP contribution in [0.4, 0.5) is 0 Å². The zero-order chi connectivity index (χ0) is 13.6. The zero-order valence-corrected chi connectivity index (χ0v) is 13.2. The van der Waals surface area contributed by atoms with Crippen molar-refractivity contribution in [2.45, 2.75) is 52.1 Å². The van der Waals surface area contributed by atoms with Gasteiger partial charge in [-0.25, -0.2) is 4.98 Å². The van der Waals surface area contributed by atoms with E-state index in [0.717, 1.165) is 25.9 Å². The maximum atomic E-state index is 4.42. The van der Waals surface area contributed by atoms with Gasteiger partial charge in [0.25, 0.3) is 0 Å². The van der Waals surface area contributed by atoms with Gasteiger partial charge in [-0.15, -0.1) is 11.3 Å². The Bertz CT molecular complexity index is 322. The summed E-state index contributed by atoms with van der Waals surface area (Å²) in [5.74, 6) is 0. The highest BCUT2D eigenvalue weighted by Gasteiger charge is 2.36. The number of likely N-dealkylation sites (N-methyl/N-ethyl adjacent to an activating group) is 2. The Morgan fingerprint density at radius 3 is 2.44 bits per heavy atom. The molecular weight excluding hydrogens is 242 g/mol. The second-order valence-electron chi connectivity index (χ2n) is 4.85. The molecule has 18 heavy (non-hydrogen) atoms. The van der Waals surface area contributed by atoms with Gasteiger partial charge >= 0.3 is 0 Å². The van der Waals surface area contributed by atoms with Gasteiger partial charge in [-0.2, -0.15) is 0 Å². The first-order valence-corrected chi connectivity index (χ1v) is 7.80. The summed E-state index contributed by atoms with van der Waals surface area (Å²) in [7, 11) is 2.07. The van der Waals surface area contributed by atoms with Crippen molar-refractivity contribution in [3.05, 3.63) is 16.6 Å². The average Bonchev–Trinajstić information content (AvgIpc) is 2.89. The molecule has 0 saturated heterocycles. The highest BCUT2D eigenvalue weighted by atomic mass is 32.1. The van der Waals surface area contributed by atoms with Crippen LogP contribution in [0.15, 0.2) is 11.6 Å². The van der Waals surface area contributed by atoms with E-state index in [2.05, 4.69) is 55.3 Å². The first kappa shape index (κ1) is 15.6. The minimum atomic E-state index is 0.184. The molecule has 0 bridgehead atoms. The van der Waals surface area contributed by atoms with Crippen LogP contribution in [0.2, 0.25) is 0 Å². The van der Waals surface area contributed by atoms with Gasteiger partial charge < -0.3 is 5.32 Å². The lowest BCUT2D eigenvalue weighted by atomic mass is 9.85. The lowest BCUT2D eigenvalue weighted by Gasteiger charge is -2.45. The lowest BCUT2D eigenvalue weighted by Crippen LogP contribution is -2.59. The number of nitrogens with one attached hydrogen (secondary N) is 1. The van der Waals surface area contributed by atoms with E-state index in [1.54, 1.807) is 11.3 Å². The summed E-state index contributed by atoms with van der Waals surface area (Å²) in [6.45, 7) is 11.3. The molecule has 0 aliphatic heterocycles. The summed E-state index contributed by atoms with van der Waals surface area (Å²) in [6.07, 6.45) is 4.05. The monoisotopic (exact) mass is 269 g/mol. The molecule has 2 unspecified atom stereocenters. The van der Waals surface area contributed by atoms with Crippen molar-refractivity contribution in [2.75, 3.05) is 20.1 Å². The predicted molar refractivity (Wildman–Crippen MR) is 80.3 cm³/mol. The molecule has 2 atom stereocenters. The Labute approximate surface area is 116 Å². The molecule has 0 fully saturated rings. The minimum absolute atomic E-state index is 0.184. The Balaban J connectivity index is 2.87. The number of hydrogen-bond acceptors (Lipinski definition) is 4. The van der Waals surface area contributed by atoms with E-state index in [1.165, 1.54) is 5.01 Å². The topological polar surface area (TPSA) is 28.2 Å². The van der Waals surface area contributed by atoms with Gasteiger partial charge in [0.05, 0.1) is 5.01 Å². The summed E-state index contributed by atoms with van der Waals surface area (Å²) in [5, 5.41) is 6.79. The van der Waals surface area contributed by atoms with Gasteiger partial charge in [0.15, 0.2) is 0 Å². The fourth-order valence-corrected chi connectivity index (χ4v) is 3.46. The predicted octanol–water partition coefficient (Wildman–Crippen LogP) is 2.78. The van der Waals surface area contributed by atoms with Crippen LogP contribution in [-0.2, 0) is 6.42 Å². The molecular formula is C14H27N3S. The third kappa shape index (κ3) is 3.31. The second-order valence-corrected chi connectivity index (χ2v) is 5.83. The third-order valence-electron chi connectivity index (χ3n) is 4.16. The number of rotatable bonds is 8. The van der Waals surface area contributed by atoms with Crippen LogP contribution in [-0.4, -0.2) is 41.6 Å². The van der Waals surface area contributed by atoms with Gasteiger partial charge in [0, 0.05) is 29.6 Å². The maximum absolute atomic E-state index is 4.42. The minimum Gasteiger partial charge on any atom is -0.315 e. The van der Waals surface area contributed by atoms with Crippen LogP contribution in [0, 0.1) is 0 Å². The molecule has 1 aromatic heterocycles. The fraction of sp³-hybridized carbons (Fsp3) is 0.786. The molecule has 1 aromatic rings. The first-order valence-electron chi connectivity index (χ1n) is 6.93. The van der Waals surface area contributed by atoms with Crippen LogP contribution < -0.4 is 5.32 Å². The Hall–Kier alpha value is -0.450. The molecule has 4 heteroatoms. The van der Waals surface area contributed by atoms with Crippen LogP contribution in [0.25, 0.3) is 0 Å². The van der Waals surface area contributed by atoms with Gasteiger partial charge in [-0.3, -0.25) is 4.90 Å². The van der Waals surface area contributed by atoms with Crippen molar-refractivity contribution in [2.24, 2.45) is 0 Å². The van der Waals surface area contributed by atoms with E-state index < -0.39 is 0 Å². The highest BCUT2D eigenvalue weighted by molar-refractivity contribution is 7.09. The standard InChI is InChI=1S/C14H27N3S/c1-6-14(4,17(7-2)8-3)12(15-5)11-13-16-9-10-18-13/h9-10,12,15H,6-8,11H2,1-5H3. The Morgan fingerprint density at radius 1 is 1.39 bits per heavy atom. The van der Waals surface area contributed by atoms with Gasteiger partial charge in [0.1, 0.15) is 0 Å².